The molecule has 2 saturated carbocycles. The standard InChI is InChI=1S/C41H46S2.C37H44S2/c1-29-27-36-40(33-18-14-13-17-32(29)33)34-21-20-31(37-23-24-39(43-37)38-22-19-30(2)42-38)28-35(34)41(36)25-15-11-9-7-5-3-4-6-8-10-12-16-26-41;1-27-15-18-30-31-19-17-29(34-21-22-36(39-34)35-20-16-28(2)38-35)26-33(31)37(32(30)25-27)23-13-11-9-7-5-3-4-6-8-10-12-14-24-37/h13-14,17-24,27-28H,3-12,15-16,25-26H2,1-2H3;15-22,25-26H,3-14,23-24H2,1-2H3. The topological polar surface area (TPSA) is 0 Å². The van der Waals surface area contributed by atoms with E-state index < -0.39 is 0 Å². The summed E-state index contributed by atoms with van der Waals surface area (Å²) in [6.45, 7) is 9.04. The van der Waals surface area contributed by atoms with Crippen LogP contribution in [-0.4, -0.2) is 0 Å². The first-order valence-electron chi connectivity index (χ1n) is 32.6. The summed E-state index contributed by atoms with van der Waals surface area (Å²) in [5, 5.41) is 2.87. The Morgan fingerprint density at radius 1 is 0.280 bits per heavy atom. The molecule has 0 bridgehead atoms. The Bertz CT molecular complexity index is 3550. The summed E-state index contributed by atoms with van der Waals surface area (Å²) in [6.07, 6.45) is 38.8. The van der Waals surface area contributed by atoms with E-state index in [1.54, 1.807) is 22.3 Å². The maximum absolute atomic E-state index is 2.63. The molecule has 4 heteroatoms. The first kappa shape index (κ1) is 57.6. The normalized spacial score (nSPS) is 18.0. The Kier molecular flexibility index (Phi) is 18.7. The van der Waals surface area contributed by atoms with Crippen LogP contribution in [0.5, 0.6) is 0 Å². The molecule has 9 aromatic rings. The van der Waals surface area contributed by atoms with Gasteiger partial charge in [0.05, 0.1) is 0 Å². The summed E-state index contributed by atoms with van der Waals surface area (Å²) in [6, 6.07) is 52.5. The highest BCUT2D eigenvalue weighted by Gasteiger charge is 2.45. The first-order chi connectivity index (χ1) is 40.3. The minimum absolute atomic E-state index is 0.112. The number of hydrogen-bond donors (Lipinski definition) is 0. The van der Waals surface area contributed by atoms with E-state index in [-0.39, 0.29) is 10.8 Å². The molecular weight excluding hydrogens is 1070 g/mol. The Balaban J connectivity index is 0.000000163. The van der Waals surface area contributed by atoms with Gasteiger partial charge in [0.25, 0.3) is 0 Å². The van der Waals surface area contributed by atoms with Gasteiger partial charge in [-0.2, -0.15) is 0 Å². The van der Waals surface area contributed by atoms with Crippen molar-refractivity contribution in [3.8, 4) is 62.6 Å². The third kappa shape index (κ3) is 12.3. The Labute approximate surface area is 509 Å². The second-order valence-electron chi connectivity index (χ2n) is 25.5. The van der Waals surface area contributed by atoms with Gasteiger partial charge < -0.3 is 0 Å². The molecule has 82 heavy (non-hydrogen) atoms. The van der Waals surface area contributed by atoms with Crippen LogP contribution in [0.1, 0.15) is 223 Å². The van der Waals surface area contributed by atoms with Crippen LogP contribution in [-0.2, 0) is 10.8 Å². The van der Waals surface area contributed by atoms with Crippen LogP contribution in [0.2, 0.25) is 0 Å². The third-order valence-electron chi connectivity index (χ3n) is 19.7. The van der Waals surface area contributed by atoms with Crippen molar-refractivity contribution in [2.24, 2.45) is 0 Å². The third-order valence-corrected chi connectivity index (χ3v) is 24.4. The molecule has 4 aromatic heterocycles. The van der Waals surface area contributed by atoms with Gasteiger partial charge in [-0.1, -0.05) is 232 Å². The summed E-state index contributed by atoms with van der Waals surface area (Å²) >= 11 is 7.72. The predicted octanol–water partition coefficient (Wildman–Crippen LogP) is 26.2. The zero-order chi connectivity index (χ0) is 55.9. The van der Waals surface area contributed by atoms with Crippen molar-refractivity contribution in [1.82, 2.24) is 0 Å². The molecule has 13 rings (SSSR count). The van der Waals surface area contributed by atoms with Crippen LogP contribution in [0, 0.1) is 27.7 Å². The fourth-order valence-electron chi connectivity index (χ4n) is 15.4. The molecule has 4 heterocycles. The van der Waals surface area contributed by atoms with Crippen LogP contribution in [0.3, 0.4) is 0 Å². The van der Waals surface area contributed by atoms with Crippen LogP contribution >= 0.6 is 45.3 Å². The number of fused-ring (bicyclic) bond motifs is 12. The van der Waals surface area contributed by atoms with E-state index in [1.807, 2.05) is 45.3 Å². The Hall–Kier alpha value is -4.84. The number of hydrogen-bond acceptors (Lipinski definition) is 4. The highest BCUT2D eigenvalue weighted by atomic mass is 32.1. The zero-order valence-electron chi connectivity index (χ0n) is 50.1. The summed E-state index contributed by atoms with van der Waals surface area (Å²) in [5.74, 6) is 0. The highest BCUT2D eigenvalue weighted by molar-refractivity contribution is 7.24. The smallest absolute Gasteiger partial charge is 0.0449 e. The monoisotopic (exact) mass is 1150 g/mol. The average Bonchev–Trinajstić information content (AvgIpc) is 4.02. The summed E-state index contributed by atoms with van der Waals surface area (Å²) < 4.78 is 0. The number of aryl methyl sites for hydroxylation is 4. The molecule has 4 aliphatic carbocycles. The molecule has 0 unspecified atom stereocenters. The van der Waals surface area contributed by atoms with Crippen LogP contribution in [0.25, 0.3) is 73.4 Å². The second kappa shape index (κ2) is 26.6. The Morgan fingerprint density at radius 3 is 1.09 bits per heavy atom. The quantitative estimate of drug-likeness (QED) is 0.165. The van der Waals surface area contributed by atoms with Crippen molar-refractivity contribution >= 4 is 56.1 Å². The van der Waals surface area contributed by atoms with E-state index in [2.05, 4.69) is 161 Å². The maximum Gasteiger partial charge on any atom is 0.0449 e. The molecule has 0 N–H and O–H groups in total. The van der Waals surface area contributed by atoms with Gasteiger partial charge in [-0.15, -0.1) is 45.3 Å². The van der Waals surface area contributed by atoms with Crippen molar-refractivity contribution in [2.75, 3.05) is 0 Å². The number of thiophene rings is 4. The molecule has 0 radical (unpaired) electrons. The first-order valence-corrected chi connectivity index (χ1v) is 35.8. The molecule has 0 nitrogen and oxygen atoms in total. The van der Waals surface area contributed by atoms with E-state index in [4.69, 9.17) is 0 Å². The van der Waals surface area contributed by atoms with Gasteiger partial charge in [0.2, 0.25) is 0 Å². The lowest BCUT2D eigenvalue weighted by Gasteiger charge is -2.33. The van der Waals surface area contributed by atoms with Crippen molar-refractivity contribution in [3.63, 3.8) is 0 Å². The van der Waals surface area contributed by atoms with Crippen molar-refractivity contribution in [2.45, 2.75) is 218 Å². The zero-order valence-corrected chi connectivity index (χ0v) is 53.4. The van der Waals surface area contributed by atoms with Crippen molar-refractivity contribution in [3.05, 3.63) is 177 Å². The molecular formula is C78H90S4. The number of benzene rings is 5. The molecule has 0 saturated heterocycles. The van der Waals surface area contributed by atoms with Crippen molar-refractivity contribution < 1.29 is 0 Å². The van der Waals surface area contributed by atoms with E-state index in [0.717, 1.165) is 0 Å². The van der Waals surface area contributed by atoms with E-state index in [1.165, 1.54) is 274 Å². The predicted molar refractivity (Wildman–Crippen MR) is 364 cm³/mol. The van der Waals surface area contributed by atoms with Gasteiger partial charge in [0.15, 0.2) is 0 Å². The van der Waals surface area contributed by atoms with Crippen molar-refractivity contribution in [1.29, 1.82) is 0 Å². The number of rotatable bonds is 4. The fourth-order valence-corrected chi connectivity index (χ4v) is 19.3. The molecule has 0 atom stereocenters. The van der Waals surface area contributed by atoms with Gasteiger partial charge in [0, 0.05) is 49.8 Å². The minimum Gasteiger partial charge on any atom is -0.140 e. The molecule has 0 amide bonds. The van der Waals surface area contributed by atoms with Gasteiger partial charge in [-0.3, -0.25) is 0 Å². The largest absolute Gasteiger partial charge is 0.140 e. The van der Waals surface area contributed by atoms with Gasteiger partial charge in [-0.05, 0) is 186 Å². The summed E-state index contributed by atoms with van der Waals surface area (Å²) in [7, 11) is 0. The summed E-state index contributed by atoms with van der Waals surface area (Å²) in [5.41, 5.74) is 18.4. The highest BCUT2D eigenvalue weighted by Crippen LogP contribution is 2.59. The fraction of sp³-hybridized carbons (Fsp3) is 0.436. The molecule has 2 fully saturated rings. The van der Waals surface area contributed by atoms with E-state index in [9.17, 15) is 0 Å². The molecule has 4 aliphatic rings. The van der Waals surface area contributed by atoms with Gasteiger partial charge in [0.1, 0.15) is 0 Å². The van der Waals surface area contributed by atoms with Crippen LogP contribution in [0.15, 0.2) is 133 Å². The Morgan fingerprint density at radius 2 is 0.634 bits per heavy atom. The van der Waals surface area contributed by atoms with Crippen LogP contribution in [0.4, 0.5) is 0 Å². The van der Waals surface area contributed by atoms with Gasteiger partial charge >= 0.3 is 0 Å². The minimum atomic E-state index is 0.112. The lowest BCUT2D eigenvalue weighted by atomic mass is 9.70. The van der Waals surface area contributed by atoms with Crippen LogP contribution < -0.4 is 0 Å². The molecule has 2 spiro atoms. The van der Waals surface area contributed by atoms with E-state index >= 15 is 0 Å². The SMILES string of the molecule is Cc1ccc(-c2ccc(-c3ccc4c(c3)C3(CCCCCCCCCCCCCC3)c3cc(C)c5ccccc5c3-4)s2)s1.Cc1ccc2c(c1)C1(CCCCCCCCCCCCCC1)c1cc(-c3ccc(-c4ccc(C)s4)s3)ccc1-2. The maximum atomic E-state index is 2.63. The molecule has 0 aliphatic heterocycles. The average molecular weight is 1160 g/mol. The lowest BCUT2D eigenvalue weighted by Crippen LogP contribution is -2.26. The lowest BCUT2D eigenvalue weighted by molar-refractivity contribution is 0.399. The summed E-state index contributed by atoms with van der Waals surface area (Å²) in [4.78, 5) is 11.1. The van der Waals surface area contributed by atoms with Gasteiger partial charge in [-0.25, -0.2) is 0 Å². The molecule has 5 aromatic carbocycles. The second-order valence-corrected chi connectivity index (χ2v) is 30.3. The van der Waals surface area contributed by atoms with E-state index in [0.29, 0.717) is 0 Å². The molecule has 426 valence electrons.